The highest BCUT2D eigenvalue weighted by molar-refractivity contribution is 6.30. The van der Waals surface area contributed by atoms with Crippen LogP contribution < -0.4 is 4.74 Å². The molecule has 0 aliphatic heterocycles. The molecular weight excluding hydrogens is 293 g/mol. The van der Waals surface area contributed by atoms with E-state index in [1.807, 2.05) is 0 Å². The summed E-state index contributed by atoms with van der Waals surface area (Å²) in [5.41, 5.74) is 1.10. The van der Waals surface area contributed by atoms with E-state index in [1.165, 1.54) is 0 Å². The molecule has 2 aromatic carbocycles. The Morgan fingerprint density at radius 3 is 2.26 bits per heavy atom. The summed E-state index contributed by atoms with van der Waals surface area (Å²) in [7, 11) is 0. The molecule has 0 unspecified atom stereocenters. The van der Waals surface area contributed by atoms with Crippen molar-refractivity contribution in [3.05, 3.63) is 64.2 Å². The zero-order valence-corrected chi connectivity index (χ0v) is 11.3. The quantitative estimate of drug-likeness (QED) is 0.727. The summed E-state index contributed by atoms with van der Waals surface area (Å²) in [6, 6.07) is 9.19. The normalized spacial score (nSPS) is 10.5. The summed E-state index contributed by atoms with van der Waals surface area (Å²) in [6.07, 6.45) is 0. The minimum Gasteiger partial charge on any atom is -0.483 e. The number of hydrogen-bond donors (Lipinski definition) is 0. The largest absolute Gasteiger partial charge is 0.483 e. The molecule has 0 N–H and O–H groups in total. The van der Waals surface area contributed by atoms with Gasteiger partial charge in [-0.25, -0.2) is 8.78 Å². The van der Waals surface area contributed by atoms with Crippen molar-refractivity contribution in [3.63, 3.8) is 0 Å². The molecule has 0 fully saturated rings. The highest BCUT2D eigenvalue weighted by atomic mass is 35.5. The lowest BCUT2D eigenvalue weighted by Gasteiger charge is -2.09. The molecule has 0 aromatic heterocycles. The van der Waals surface area contributed by atoms with Gasteiger partial charge in [0.1, 0.15) is 6.61 Å². The Labute approximate surface area is 119 Å². The van der Waals surface area contributed by atoms with Crippen LogP contribution in [0.5, 0.6) is 5.75 Å². The number of ether oxygens (including phenoxy) is 1. The molecule has 0 spiro atoms. The summed E-state index contributed by atoms with van der Waals surface area (Å²) in [6.45, 7) is 0.0363. The molecule has 0 saturated heterocycles. The lowest BCUT2D eigenvalue weighted by atomic mass is 10.2. The van der Waals surface area contributed by atoms with Gasteiger partial charge < -0.3 is 4.74 Å². The lowest BCUT2D eigenvalue weighted by molar-refractivity contribution is 0.274. The van der Waals surface area contributed by atoms with Gasteiger partial charge in [0.2, 0.25) is 0 Å². The van der Waals surface area contributed by atoms with E-state index in [4.69, 9.17) is 27.9 Å². The monoisotopic (exact) mass is 302 g/mol. The SMILES string of the molecule is Fc1cc(CCl)cc(F)c1OCc1cccc(Cl)c1. The lowest BCUT2D eigenvalue weighted by Crippen LogP contribution is -2.01. The van der Waals surface area contributed by atoms with E-state index in [-0.39, 0.29) is 12.5 Å². The van der Waals surface area contributed by atoms with Crippen molar-refractivity contribution in [3.8, 4) is 5.75 Å². The molecule has 0 saturated carbocycles. The maximum Gasteiger partial charge on any atom is 0.191 e. The maximum absolute atomic E-state index is 13.6. The minimum absolute atomic E-state index is 0.0363. The molecule has 1 nitrogen and oxygen atoms in total. The maximum atomic E-state index is 13.6. The molecule has 5 heteroatoms. The average molecular weight is 303 g/mol. The average Bonchev–Trinajstić information content (AvgIpc) is 2.37. The Balaban J connectivity index is 2.16. The van der Waals surface area contributed by atoms with E-state index in [0.29, 0.717) is 10.6 Å². The molecule has 2 rings (SSSR count). The van der Waals surface area contributed by atoms with Gasteiger partial charge in [0, 0.05) is 10.9 Å². The van der Waals surface area contributed by atoms with Crippen molar-refractivity contribution in [2.24, 2.45) is 0 Å². The number of benzene rings is 2. The van der Waals surface area contributed by atoms with Crippen LogP contribution in [0.3, 0.4) is 0 Å². The van der Waals surface area contributed by atoms with E-state index in [1.54, 1.807) is 24.3 Å². The standard InChI is InChI=1S/C14H10Cl2F2O/c15-7-10-5-12(17)14(13(18)6-10)19-8-9-2-1-3-11(16)4-9/h1-6H,7-8H2. The van der Waals surface area contributed by atoms with E-state index in [2.05, 4.69) is 0 Å². The fourth-order valence-electron chi connectivity index (χ4n) is 1.61. The van der Waals surface area contributed by atoms with Crippen molar-refractivity contribution >= 4 is 23.2 Å². The van der Waals surface area contributed by atoms with Crippen LogP contribution in [-0.2, 0) is 12.5 Å². The topological polar surface area (TPSA) is 9.23 Å². The van der Waals surface area contributed by atoms with Crippen LogP contribution in [0.2, 0.25) is 5.02 Å². The second kappa shape index (κ2) is 6.22. The Morgan fingerprint density at radius 2 is 1.68 bits per heavy atom. The summed E-state index contributed by atoms with van der Waals surface area (Å²) >= 11 is 11.3. The first-order valence-electron chi connectivity index (χ1n) is 5.51. The molecule has 2 aromatic rings. The predicted octanol–water partition coefficient (Wildman–Crippen LogP) is 4.94. The van der Waals surface area contributed by atoms with Crippen LogP contribution in [0, 0.1) is 11.6 Å². The summed E-state index contributed by atoms with van der Waals surface area (Å²) in [5.74, 6) is -1.90. The first kappa shape index (κ1) is 14.1. The van der Waals surface area contributed by atoms with Crippen molar-refractivity contribution in [2.45, 2.75) is 12.5 Å². The molecule has 100 valence electrons. The van der Waals surface area contributed by atoms with Crippen molar-refractivity contribution < 1.29 is 13.5 Å². The van der Waals surface area contributed by atoms with Crippen LogP contribution in [0.25, 0.3) is 0 Å². The van der Waals surface area contributed by atoms with Crippen LogP contribution in [0.1, 0.15) is 11.1 Å². The molecule has 0 atom stereocenters. The summed E-state index contributed by atoms with van der Waals surface area (Å²) in [5, 5.41) is 0.541. The van der Waals surface area contributed by atoms with E-state index in [9.17, 15) is 8.78 Å². The van der Waals surface area contributed by atoms with Gasteiger partial charge in [0.25, 0.3) is 0 Å². The van der Waals surface area contributed by atoms with Gasteiger partial charge in [0.05, 0.1) is 0 Å². The third-order valence-electron chi connectivity index (χ3n) is 2.48. The van der Waals surface area contributed by atoms with E-state index in [0.717, 1.165) is 17.7 Å². The van der Waals surface area contributed by atoms with Crippen LogP contribution in [-0.4, -0.2) is 0 Å². The van der Waals surface area contributed by atoms with Gasteiger partial charge in [-0.1, -0.05) is 23.7 Å². The van der Waals surface area contributed by atoms with Gasteiger partial charge in [-0.05, 0) is 35.4 Å². The Morgan fingerprint density at radius 1 is 1.00 bits per heavy atom. The number of halogens is 4. The van der Waals surface area contributed by atoms with Crippen LogP contribution in [0.4, 0.5) is 8.78 Å². The van der Waals surface area contributed by atoms with E-state index < -0.39 is 17.4 Å². The molecule has 0 aliphatic rings. The minimum atomic E-state index is -0.766. The van der Waals surface area contributed by atoms with Crippen LogP contribution in [0.15, 0.2) is 36.4 Å². The second-order valence-electron chi connectivity index (χ2n) is 3.94. The Hall–Kier alpha value is -1.32. The van der Waals surface area contributed by atoms with Crippen molar-refractivity contribution in [1.29, 1.82) is 0 Å². The van der Waals surface area contributed by atoms with Gasteiger partial charge >= 0.3 is 0 Å². The van der Waals surface area contributed by atoms with Gasteiger partial charge in [-0.2, -0.15) is 0 Å². The first-order valence-corrected chi connectivity index (χ1v) is 6.42. The summed E-state index contributed by atoms with van der Waals surface area (Å²) in [4.78, 5) is 0. The third-order valence-corrected chi connectivity index (χ3v) is 3.03. The number of hydrogen-bond acceptors (Lipinski definition) is 1. The molecule has 0 aliphatic carbocycles. The Kier molecular flexibility index (Phi) is 4.61. The smallest absolute Gasteiger partial charge is 0.191 e. The molecule has 0 radical (unpaired) electrons. The second-order valence-corrected chi connectivity index (χ2v) is 4.64. The molecule has 0 heterocycles. The highest BCUT2D eigenvalue weighted by Crippen LogP contribution is 2.25. The predicted molar refractivity (Wildman–Crippen MR) is 71.7 cm³/mol. The van der Waals surface area contributed by atoms with E-state index >= 15 is 0 Å². The van der Waals surface area contributed by atoms with Crippen molar-refractivity contribution in [1.82, 2.24) is 0 Å². The Bertz CT molecular complexity index is 564. The van der Waals surface area contributed by atoms with Gasteiger partial charge in [-0.3, -0.25) is 0 Å². The molecular formula is C14H10Cl2F2O. The fourth-order valence-corrected chi connectivity index (χ4v) is 1.98. The van der Waals surface area contributed by atoms with Gasteiger partial charge in [0.15, 0.2) is 17.4 Å². The zero-order chi connectivity index (χ0) is 13.8. The number of alkyl halides is 1. The molecule has 19 heavy (non-hydrogen) atoms. The highest BCUT2D eigenvalue weighted by Gasteiger charge is 2.12. The third kappa shape index (κ3) is 3.58. The molecule has 0 amide bonds. The van der Waals surface area contributed by atoms with Gasteiger partial charge in [-0.15, -0.1) is 11.6 Å². The first-order chi connectivity index (χ1) is 9.10. The number of rotatable bonds is 4. The zero-order valence-electron chi connectivity index (χ0n) is 9.80. The molecule has 0 bridgehead atoms. The fraction of sp³-hybridized carbons (Fsp3) is 0.143. The summed E-state index contributed by atoms with van der Waals surface area (Å²) < 4.78 is 32.4. The van der Waals surface area contributed by atoms with Crippen molar-refractivity contribution in [2.75, 3.05) is 0 Å². The van der Waals surface area contributed by atoms with Crippen LogP contribution >= 0.6 is 23.2 Å².